The first-order valence-corrected chi connectivity index (χ1v) is 3.65. The molecule has 0 heterocycles. The minimum Gasteiger partial charge on any atom is -0.389 e. The first-order valence-electron chi connectivity index (χ1n) is 2.86. The molecule has 0 saturated carbocycles. The van der Waals surface area contributed by atoms with Gasteiger partial charge in [-0.3, -0.25) is 0 Å². The van der Waals surface area contributed by atoms with E-state index in [4.69, 9.17) is 17.3 Å². The predicted molar refractivity (Wildman–Crippen MR) is 47.3 cm³/mol. The van der Waals surface area contributed by atoms with Crippen molar-refractivity contribution >= 4 is 28.8 Å². The van der Waals surface area contributed by atoms with E-state index < -0.39 is 5.82 Å². The lowest BCUT2D eigenvalue weighted by atomic mass is 10.2. The molecule has 2 N–H and O–H groups in total. The molecule has 0 radical (unpaired) electrons. The molecule has 0 bridgehead atoms. The Bertz CT molecular complexity index is 300. The summed E-state index contributed by atoms with van der Waals surface area (Å²) in [6, 6.07) is 3.90. The monoisotopic (exact) mass is 189 g/mol. The van der Waals surface area contributed by atoms with Gasteiger partial charge >= 0.3 is 0 Å². The molecule has 11 heavy (non-hydrogen) atoms. The number of thiocarbonyl (C=S) groups is 1. The van der Waals surface area contributed by atoms with Gasteiger partial charge in [0, 0.05) is 5.56 Å². The third-order valence-corrected chi connectivity index (χ3v) is 1.73. The van der Waals surface area contributed by atoms with Gasteiger partial charge in [-0.1, -0.05) is 23.8 Å². The second kappa shape index (κ2) is 3.15. The molecule has 0 saturated heterocycles. The summed E-state index contributed by atoms with van der Waals surface area (Å²) in [6.07, 6.45) is 0. The number of nitrogens with two attached hydrogens (primary N) is 1. The Morgan fingerprint density at radius 3 is 2.64 bits per heavy atom. The van der Waals surface area contributed by atoms with E-state index in [2.05, 4.69) is 12.2 Å². The van der Waals surface area contributed by atoms with Crippen molar-refractivity contribution in [2.24, 2.45) is 5.73 Å². The molecular formula is C7H5ClFNS. The molecule has 0 spiro atoms. The average molecular weight is 190 g/mol. The van der Waals surface area contributed by atoms with Crippen LogP contribution in [0.2, 0.25) is 5.02 Å². The number of hydrogen-bond acceptors (Lipinski definition) is 1. The van der Waals surface area contributed by atoms with Gasteiger partial charge in [0.15, 0.2) is 0 Å². The van der Waals surface area contributed by atoms with Gasteiger partial charge in [-0.25, -0.2) is 4.39 Å². The third kappa shape index (κ3) is 1.88. The molecule has 0 aromatic heterocycles. The first-order chi connectivity index (χ1) is 5.11. The van der Waals surface area contributed by atoms with Crippen LogP contribution in [0.15, 0.2) is 18.2 Å². The Hall–Kier alpha value is -0.670. The molecule has 0 aliphatic heterocycles. The van der Waals surface area contributed by atoms with E-state index in [1.165, 1.54) is 18.2 Å². The van der Waals surface area contributed by atoms with Crippen molar-refractivity contribution in [2.75, 3.05) is 0 Å². The highest BCUT2D eigenvalue weighted by Gasteiger charge is 2.02. The SMILES string of the molecule is NC(=S)c1ccc(F)cc1Cl. The van der Waals surface area contributed by atoms with E-state index in [1.807, 2.05) is 0 Å². The fourth-order valence-corrected chi connectivity index (χ4v) is 1.19. The summed E-state index contributed by atoms with van der Waals surface area (Å²) in [5.41, 5.74) is 5.79. The van der Waals surface area contributed by atoms with Crippen LogP contribution in [0.25, 0.3) is 0 Å². The highest BCUT2D eigenvalue weighted by atomic mass is 35.5. The quantitative estimate of drug-likeness (QED) is 0.685. The van der Waals surface area contributed by atoms with Crippen molar-refractivity contribution in [1.29, 1.82) is 0 Å². The molecular weight excluding hydrogens is 185 g/mol. The van der Waals surface area contributed by atoms with Crippen LogP contribution in [0.1, 0.15) is 5.56 Å². The maximum atomic E-state index is 12.4. The van der Waals surface area contributed by atoms with Crippen molar-refractivity contribution in [3.05, 3.63) is 34.6 Å². The van der Waals surface area contributed by atoms with Gasteiger partial charge in [0.2, 0.25) is 0 Å². The molecule has 58 valence electrons. The van der Waals surface area contributed by atoms with Crippen molar-refractivity contribution in [3.8, 4) is 0 Å². The molecule has 0 unspecified atom stereocenters. The summed E-state index contributed by atoms with van der Waals surface area (Å²) < 4.78 is 12.4. The first kappa shape index (κ1) is 8.43. The molecule has 1 aromatic rings. The molecule has 1 rings (SSSR count). The van der Waals surface area contributed by atoms with Crippen LogP contribution >= 0.6 is 23.8 Å². The van der Waals surface area contributed by atoms with Crippen molar-refractivity contribution in [3.63, 3.8) is 0 Å². The molecule has 0 atom stereocenters. The average Bonchev–Trinajstić information content (AvgIpc) is 1.85. The highest BCUT2D eigenvalue weighted by molar-refractivity contribution is 7.80. The molecule has 4 heteroatoms. The van der Waals surface area contributed by atoms with E-state index in [-0.39, 0.29) is 10.0 Å². The van der Waals surface area contributed by atoms with Crippen LogP contribution in [-0.2, 0) is 0 Å². The lowest BCUT2D eigenvalue weighted by molar-refractivity contribution is 0.628. The highest BCUT2D eigenvalue weighted by Crippen LogP contribution is 2.16. The molecule has 0 fully saturated rings. The van der Waals surface area contributed by atoms with Crippen molar-refractivity contribution in [2.45, 2.75) is 0 Å². The molecule has 1 nitrogen and oxygen atoms in total. The van der Waals surface area contributed by atoms with Crippen LogP contribution in [-0.4, -0.2) is 4.99 Å². The number of halogens is 2. The molecule has 1 aromatic carbocycles. The Morgan fingerprint density at radius 1 is 1.55 bits per heavy atom. The van der Waals surface area contributed by atoms with E-state index >= 15 is 0 Å². The van der Waals surface area contributed by atoms with E-state index in [9.17, 15) is 4.39 Å². The summed E-state index contributed by atoms with van der Waals surface area (Å²) in [7, 11) is 0. The molecule has 0 aliphatic carbocycles. The second-order valence-electron chi connectivity index (χ2n) is 1.99. The minimum absolute atomic E-state index is 0.176. The fourth-order valence-electron chi connectivity index (χ4n) is 0.689. The van der Waals surface area contributed by atoms with Crippen LogP contribution in [0, 0.1) is 5.82 Å². The number of hydrogen-bond donors (Lipinski definition) is 1. The summed E-state index contributed by atoms with van der Waals surface area (Å²) in [5.74, 6) is -0.394. The van der Waals surface area contributed by atoms with Crippen LogP contribution < -0.4 is 5.73 Å². The predicted octanol–water partition coefficient (Wildman–Crippen LogP) is 2.11. The zero-order chi connectivity index (χ0) is 8.43. The fraction of sp³-hybridized carbons (Fsp3) is 0. The van der Waals surface area contributed by atoms with Crippen LogP contribution in [0.5, 0.6) is 0 Å². The van der Waals surface area contributed by atoms with Crippen LogP contribution in [0.4, 0.5) is 4.39 Å². The van der Waals surface area contributed by atoms with Gasteiger partial charge in [-0.15, -0.1) is 0 Å². The normalized spacial score (nSPS) is 9.64. The van der Waals surface area contributed by atoms with Crippen molar-refractivity contribution < 1.29 is 4.39 Å². The zero-order valence-electron chi connectivity index (χ0n) is 5.47. The van der Waals surface area contributed by atoms with E-state index in [0.717, 1.165) is 0 Å². The smallest absolute Gasteiger partial charge is 0.124 e. The Balaban J connectivity index is 3.20. The third-order valence-electron chi connectivity index (χ3n) is 1.20. The lowest BCUT2D eigenvalue weighted by Crippen LogP contribution is -2.09. The lowest BCUT2D eigenvalue weighted by Gasteiger charge is -1.99. The summed E-state index contributed by atoms with van der Waals surface area (Å²) in [4.78, 5) is 0.176. The van der Waals surface area contributed by atoms with Gasteiger partial charge in [-0.05, 0) is 18.2 Å². The Kier molecular flexibility index (Phi) is 2.42. The molecule has 0 aliphatic rings. The Labute approximate surface area is 74.0 Å². The summed E-state index contributed by atoms with van der Waals surface area (Å²) in [6.45, 7) is 0. The standard InChI is InChI=1S/C7H5ClFNS/c8-6-3-4(9)1-2-5(6)7(10)11/h1-3H,(H2,10,11). The van der Waals surface area contributed by atoms with Gasteiger partial charge in [-0.2, -0.15) is 0 Å². The van der Waals surface area contributed by atoms with E-state index in [0.29, 0.717) is 5.56 Å². The zero-order valence-corrected chi connectivity index (χ0v) is 7.05. The molecule has 0 amide bonds. The van der Waals surface area contributed by atoms with E-state index in [1.54, 1.807) is 0 Å². The van der Waals surface area contributed by atoms with Gasteiger partial charge in [0.25, 0.3) is 0 Å². The van der Waals surface area contributed by atoms with Gasteiger partial charge in [0.05, 0.1) is 5.02 Å². The van der Waals surface area contributed by atoms with Crippen LogP contribution in [0.3, 0.4) is 0 Å². The van der Waals surface area contributed by atoms with Gasteiger partial charge < -0.3 is 5.73 Å². The second-order valence-corrected chi connectivity index (χ2v) is 2.84. The number of rotatable bonds is 1. The topological polar surface area (TPSA) is 26.0 Å². The van der Waals surface area contributed by atoms with Gasteiger partial charge in [0.1, 0.15) is 10.8 Å². The maximum Gasteiger partial charge on any atom is 0.124 e. The maximum absolute atomic E-state index is 12.4. The number of benzene rings is 1. The summed E-state index contributed by atoms with van der Waals surface area (Å²) >= 11 is 10.3. The van der Waals surface area contributed by atoms with Crippen molar-refractivity contribution in [1.82, 2.24) is 0 Å². The minimum atomic E-state index is -0.394. The Morgan fingerprint density at radius 2 is 2.18 bits per heavy atom. The largest absolute Gasteiger partial charge is 0.389 e. The summed E-state index contributed by atoms with van der Waals surface area (Å²) in [5, 5.41) is 0.248.